The van der Waals surface area contributed by atoms with Crippen LogP contribution in [0.25, 0.3) is 89.5 Å². The smallest absolute Gasteiger partial charge is 0.164 e. The van der Waals surface area contributed by atoms with Gasteiger partial charge in [-0.3, -0.25) is 0 Å². The SMILES string of the molecule is [2H]c1c([2H])c([2H])c(-c2nc(-c3c([2H])c([2H])c(-c4c([2H])c([2H])c([2H])c([2H])c4[2H])c([2H])c3[2H])nc(-c3cccc4oc5c(-c6cccc(-c7ccccc7)c6)cccc5c34)n2)c([2H])c1[2H]. The van der Waals surface area contributed by atoms with Crippen molar-refractivity contribution >= 4 is 21.9 Å². The molecule has 230 valence electrons. The van der Waals surface area contributed by atoms with E-state index in [1.165, 1.54) is 0 Å². The molecule has 4 heteroatoms. The predicted octanol–water partition coefficient (Wildman–Crippen LogP) is 11.8. The third kappa shape index (κ3) is 5.35. The molecule has 0 unspecified atom stereocenters. The van der Waals surface area contributed by atoms with Gasteiger partial charge in [-0.1, -0.05) is 163 Å². The van der Waals surface area contributed by atoms with Gasteiger partial charge in [-0.05, 0) is 39.9 Å². The highest BCUT2D eigenvalue weighted by Crippen LogP contribution is 2.41. The highest BCUT2D eigenvalue weighted by atomic mass is 16.3. The zero-order valence-corrected chi connectivity index (χ0v) is 25.4. The number of fused-ring (bicyclic) bond motifs is 3. The van der Waals surface area contributed by atoms with Crippen molar-refractivity contribution in [2.24, 2.45) is 0 Å². The van der Waals surface area contributed by atoms with E-state index >= 15 is 0 Å². The minimum Gasteiger partial charge on any atom is -0.455 e. The molecule has 0 atom stereocenters. The van der Waals surface area contributed by atoms with Crippen molar-refractivity contribution < 1.29 is 23.6 Å². The average Bonchev–Trinajstić information content (AvgIpc) is 3.69. The van der Waals surface area contributed by atoms with E-state index in [0.29, 0.717) is 27.5 Å². The van der Waals surface area contributed by atoms with Crippen LogP contribution in [0.15, 0.2) is 180 Å². The van der Waals surface area contributed by atoms with Crippen LogP contribution >= 0.6 is 0 Å². The van der Waals surface area contributed by atoms with Gasteiger partial charge in [-0.25, -0.2) is 15.0 Å². The Bertz CT molecular complexity index is 3320. The Hall–Kier alpha value is -6.65. The second kappa shape index (κ2) is 12.2. The second-order valence-electron chi connectivity index (χ2n) is 11.0. The first kappa shape index (κ1) is 17.5. The molecule has 0 bridgehead atoms. The molecule has 0 spiro atoms. The van der Waals surface area contributed by atoms with Gasteiger partial charge >= 0.3 is 0 Å². The lowest BCUT2D eigenvalue weighted by atomic mass is 9.97. The van der Waals surface area contributed by atoms with Crippen molar-refractivity contribution in [1.29, 1.82) is 0 Å². The van der Waals surface area contributed by atoms with Crippen molar-refractivity contribution in [3.63, 3.8) is 0 Å². The fourth-order valence-corrected chi connectivity index (χ4v) is 5.76. The summed E-state index contributed by atoms with van der Waals surface area (Å²) in [5.41, 5.74) is 3.00. The molecule has 0 aliphatic rings. The molecule has 9 aromatic rings. The fourth-order valence-electron chi connectivity index (χ4n) is 5.76. The Morgan fingerprint density at radius 1 is 0.408 bits per heavy atom. The molecule has 0 radical (unpaired) electrons. The third-order valence-electron chi connectivity index (χ3n) is 8.00. The molecular weight excluding hydrogens is 599 g/mol. The number of hydrogen-bond acceptors (Lipinski definition) is 4. The van der Waals surface area contributed by atoms with Crippen molar-refractivity contribution in [3.05, 3.63) is 176 Å². The number of benzene rings is 7. The van der Waals surface area contributed by atoms with E-state index < -0.39 is 118 Å². The summed E-state index contributed by atoms with van der Waals surface area (Å²) in [6, 6.07) is 18.8. The predicted molar refractivity (Wildman–Crippen MR) is 200 cm³/mol. The Morgan fingerprint density at radius 2 is 0.959 bits per heavy atom. The first-order chi connectivity index (χ1) is 30.1. The summed E-state index contributed by atoms with van der Waals surface area (Å²) in [4.78, 5) is 13.8. The molecule has 0 aliphatic carbocycles. The Kier molecular flexibility index (Phi) is 4.35. The maximum atomic E-state index is 9.15. The normalized spacial score (nSPS) is 15.3. The summed E-state index contributed by atoms with van der Waals surface area (Å²) in [7, 11) is 0. The van der Waals surface area contributed by atoms with E-state index in [9.17, 15) is 0 Å². The number of para-hydroxylation sites is 1. The van der Waals surface area contributed by atoms with E-state index in [4.69, 9.17) is 23.6 Å². The first-order valence-corrected chi connectivity index (χ1v) is 15.2. The monoisotopic (exact) mass is 641 g/mol. The van der Waals surface area contributed by atoms with E-state index in [1.54, 1.807) is 18.2 Å². The number of hydrogen-bond donors (Lipinski definition) is 0. The second-order valence-corrected chi connectivity index (χ2v) is 11.0. The summed E-state index contributed by atoms with van der Waals surface area (Å²) in [5.74, 6) is -1.02. The molecule has 0 fully saturated rings. The quantitative estimate of drug-likeness (QED) is 0.181. The summed E-state index contributed by atoms with van der Waals surface area (Å²) >= 11 is 0. The van der Waals surface area contributed by atoms with Gasteiger partial charge in [0.15, 0.2) is 17.5 Å². The van der Waals surface area contributed by atoms with Crippen molar-refractivity contribution in [2.45, 2.75) is 0 Å². The molecule has 0 aliphatic heterocycles. The van der Waals surface area contributed by atoms with Crippen molar-refractivity contribution in [2.75, 3.05) is 0 Å². The zero-order valence-electron chi connectivity index (χ0n) is 39.4. The summed E-state index contributed by atoms with van der Waals surface area (Å²) in [6.07, 6.45) is 0. The maximum Gasteiger partial charge on any atom is 0.164 e. The minimum atomic E-state index is -0.761. The maximum absolute atomic E-state index is 9.15. The molecule has 7 aromatic carbocycles. The Labute approximate surface area is 303 Å². The highest BCUT2D eigenvalue weighted by molar-refractivity contribution is 6.15. The number of rotatable bonds is 6. The van der Waals surface area contributed by atoms with Gasteiger partial charge in [0, 0.05) is 33.0 Å². The van der Waals surface area contributed by atoms with Crippen LogP contribution in [0.5, 0.6) is 0 Å². The van der Waals surface area contributed by atoms with Crippen LogP contribution in [0.3, 0.4) is 0 Å². The van der Waals surface area contributed by atoms with Crippen LogP contribution in [-0.4, -0.2) is 15.0 Å². The molecule has 4 nitrogen and oxygen atoms in total. The molecule has 2 heterocycles. The van der Waals surface area contributed by atoms with Gasteiger partial charge < -0.3 is 4.42 Å². The van der Waals surface area contributed by atoms with Gasteiger partial charge in [0.1, 0.15) is 11.2 Å². The van der Waals surface area contributed by atoms with Crippen LogP contribution < -0.4 is 0 Å². The molecule has 0 saturated carbocycles. The first-order valence-electron chi connectivity index (χ1n) is 22.2. The molecule has 0 amide bonds. The van der Waals surface area contributed by atoms with Crippen LogP contribution in [0.1, 0.15) is 19.2 Å². The number of furan rings is 1. The van der Waals surface area contributed by atoms with Gasteiger partial charge in [0.05, 0.1) is 19.2 Å². The van der Waals surface area contributed by atoms with Crippen molar-refractivity contribution in [1.82, 2.24) is 15.0 Å². The lowest BCUT2D eigenvalue weighted by molar-refractivity contribution is 0.670. The van der Waals surface area contributed by atoms with Crippen LogP contribution in [0.4, 0.5) is 0 Å². The number of nitrogens with zero attached hydrogens (tertiary/aromatic N) is 3. The van der Waals surface area contributed by atoms with E-state index in [1.807, 2.05) is 66.7 Å². The molecule has 9 rings (SSSR count). The molecular formula is C45H29N3O. The summed E-state index contributed by atoms with van der Waals surface area (Å²) < 4.78 is 127. The highest BCUT2D eigenvalue weighted by Gasteiger charge is 2.19. The Morgan fingerprint density at radius 3 is 1.71 bits per heavy atom. The van der Waals surface area contributed by atoms with Gasteiger partial charge in [-0.2, -0.15) is 0 Å². The van der Waals surface area contributed by atoms with Crippen molar-refractivity contribution in [3.8, 4) is 67.5 Å². The van der Waals surface area contributed by atoms with Crippen LogP contribution in [0, 0.1) is 0 Å². The average molecular weight is 642 g/mol. The van der Waals surface area contributed by atoms with Gasteiger partial charge in [-0.15, -0.1) is 0 Å². The summed E-state index contributed by atoms with van der Waals surface area (Å²) in [5, 5.41) is 1.19. The van der Waals surface area contributed by atoms with Crippen LogP contribution in [-0.2, 0) is 0 Å². The molecule has 0 saturated heterocycles. The molecule has 0 N–H and O–H groups in total. The molecule has 49 heavy (non-hydrogen) atoms. The minimum absolute atomic E-state index is 0.127. The molecule has 2 aromatic heterocycles. The van der Waals surface area contributed by atoms with E-state index in [-0.39, 0.29) is 5.82 Å². The summed E-state index contributed by atoms with van der Waals surface area (Å²) in [6.45, 7) is 0. The topological polar surface area (TPSA) is 51.8 Å². The van der Waals surface area contributed by atoms with E-state index in [0.717, 1.165) is 22.3 Å². The lowest BCUT2D eigenvalue weighted by Gasteiger charge is -2.10. The van der Waals surface area contributed by atoms with Gasteiger partial charge in [0.2, 0.25) is 0 Å². The van der Waals surface area contributed by atoms with E-state index in [2.05, 4.69) is 21.0 Å². The lowest BCUT2D eigenvalue weighted by Crippen LogP contribution is -2.00. The van der Waals surface area contributed by atoms with Crippen LogP contribution in [0.2, 0.25) is 0 Å². The Balaban J connectivity index is 1.31. The largest absolute Gasteiger partial charge is 0.455 e. The third-order valence-corrected chi connectivity index (χ3v) is 8.00. The number of aromatic nitrogens is 3. The standard InChI is InChI=1S/C45H29N3O/c1-4-13-30(14-5-1)32-25-27-34(28-26-32)44-46-43(33-17-8-3-9-18-33)47-45(48-44)39-23-12-24-40-41(39)38-22-11-21-37(42(38)49-40)36-20-10-19-35(29-36)31-15-6-2-7-16-31/h1-29H/i1D,3D,4D,5D,8D,9D,13D,14D,17D,18D,25D,26D,27D,28D. The fraction of sp³-hybridized carbons (Fsp3) is 0. The van der Waals surface area contributed by atoms with Gasteiger partial charge in [0.25, 0.3) is 0 Å². The zero-order chi connectivity index (χ0) is 44.8.